The number of piperidine rings is 1. The number of nitrogens with one attached hydrogen (secondary N) is 2. The number of aliphatic hydroxyl groups excluding tert-OH is 1. The summed E-state index contributed by atoms with van der Waals surface area (Å²) in [6.45, 7) is 3.71. The number of rotatable bonds is 6. The normalized spacial score (nSPS) is 21.9. The zero-order chi connectivity index (χ0) is 16.0. The van der Waals surface area contributed by atoms with Crippen molar-refractivity contribution < 1.29 is 14.6 Å². The van der Waals surface area contributed by atoms with Gasteiger partial charge in [0.25, 0.3) is 0 Å². The molecule has 0 aromatic heterocycles. The first-order chi connectivity index (χ1) is 10.6. The largest absolute Gasteiger partial charge is 0.497 e. The molecule has 3 N–H and O–H groups in total. The van der Waals surface area contributed by atoms with E-state index in [1.165, 1.54) is 0 Å². The summed E-state index contributed by atoms with van der Waals surface area (Å²) < 4.78 is 5.16. The molecule has 1 aliphatic rings. The molecule has 0 saturated carbocycles. The number of ether oxygens (including phenoxy) is 1. The lowest BCUT2D eigenvalue weighted by Crippen LogP contribution is -2.49. The van der Waals surface area contributed by atoms with Gasteiger partial charge in [-0.25, -0.2) is 0 Å². The highest BCUT2D eigenvalue weighted by atomic mass is 35.5. The van der Waals surface area contributed by atoms with Crippen LogP contribution in [-0.4, -0.2) is 37.8 Å². The molecule has 1 aromatic carbocycles. The van der Waals surface area contributed by atoms with Crippen molar-refractivity contribution in [3.63, 3.8) is 0 Å². The van der Waals surface area contributed by atoms with Gasteiger partial charge in [0.2, 0.25) is 5.91 Å². The topological polar surface area (TPSA) is 70.6 Å². The third-order valence-electron chi connectivity index (χ3n) is 4.39. The van der Waals surface area contributed by atoms with Crippen LogP contribution in [0.4, 0.5) is 0 Å². The fourth-order valence-corrected chi connectivity index (χ4v) is 2.87. The Morgan fingerprint density at radius 3 is 2.65 bits per heavy atom. The highest BCUT2D eigenvalue weighted by Gasteiger charge is 2.35. The Kier molecular flexibility index (Phi) is 7.82. The molecule has 0 bridgehead atoms. The molecule has 0 radical (unpaired) electrons. The van der Waals surface area contributed by atoms with Gasteiger partial charge in [-0.2, -0.15) is 0 Å². The van der Waals surface area contributed by atoms with Crippen LogP contribution in [0.25, 0.3) is 0 Å². The summed E-state index contributed by atoms with van der Waals surface area (Å²) in [5.41, 5.74) is 0.605. The van der Waals surface area contributed by atoms with E-state index in [-0.39, 0.29) is 36.4 Å². The standard InChI is InChI=1S/C17H26N2O3.ClH/c1-17(9-3-10-18-12-17)16(21)19-15(8-11-20)13-4-6-14(22-2)7-5-13;/h4-7,15,18,20H,3,8-12H2,1-2H3,(H,19,21);1H. The number of benzene rings is 1. The van der Waals surface area contributed by atoms with Crippen LogP contribution in [0.15, 0.2) is 24.3 Å². The highest BCUT2D eigenvalue weighted by molar-refractivity contribution is 5.85. The van der Waals surface area contributed by atoms with Crippen molar-refractivity contribution in [2.75, 3.05) is 26.8 Å². The molecule has 2 atom stereocenters. The molecule has 1 heterocycles. The van der Waals surface area contributed by atoms with E-state index < -0.39 is 0 Å². The second-order valence-corrected chi connectivity index (χ2v) is 6.15. The monoisotopic (exact) mass is 342 g/mol. The van der Waals surface area contributed by atoms with E-state index in [2.05, 4.69) is 10.6 Å². The molecule has 1 aromatic rings. The summed E-state index contributed by atoms with van der Waals surface area (Å²) in [5.74, 6) is 0.829. The van der Waals surface area contributed by atoms with E-state index in [9.17, 15) is 9.90 Å². The zero-order valence-electron chi connectivity index (χ0n) is 13.8. The fourth-order valence-electron chi connectivity index (χ4n) is 2.87. The van der Waals surface area contributed by atoms with Crippen LogP contribution in [0.2, 0.25) is 0 Å². The Morgan fingerprint density at radius 1 is 1.43 bits per heavy atom. The van der Waals surface area contributed by atoms with E-state index in [0.717, 1.165) is 30.7 Å². The zero-order valence-corrected chi connectivity index (χ0v) is 14.6. The lowest BCUT2D eigenvalue weighted by Gasteiger charge is -2.34. The van der Waals surface area contributed by atoms with Crippen LogP contribution < -0.4 is 15.4 Å². The minimum atomic E-state index is -0.377. The molecular formula is C17H27ClN2O3. The summed E-state index contributed by atoms with van der Waals surface area (Å²) in [4.78, 5) is 12.6. The maximum absolute atomic E-state index is 12.6. The lowest BCUT2D eigenvalue weighted by molar-refractivity contribution is -0.132. The molecule has 130 valence electrons. The summed E-state index contributed by atoms with van der Waals surface area (Å²) in [6, 6.07) is 7.43. The number of aliphatic hydroxyl groups is 1. The van der Waals surface area contributed by atoms with Gasteiger partial charge in [0.15, 0.2) is 0 Å². The van der Waals surface area contributed by atoms with Crippen molar-refractivity contribution in [1.29, 1.82) is 0 Å². The first-order valence-electron chi connectivity index (χ1n) is 7.85. The third-order valence-corrected chi connectivity index (χ3v) is 4.39. The van der Waals surface area contributed by atoms with Gasteiger partial charge in [-0.05, 0) is 50.4 Å². The predicted octanol–water partition coefficient (Wildman–Crippen LogP) is 2.05. The van der Waals surface area contributed by atoms with Crippen LogP contribution in [-0.2, 0) is 4.79 Å². The highest BCUT2D eigenvalue weighted by Crippen LogP contribution is 2.28. The Labute approximate surface area is 144 Å². The second kappa shape index (κ2) is 9.11. The number of amides is 1. The van der Waals surface area contributed by atoms with Gasteiger partial charge in [-0.3, -0.25) is 4.79 Å². The summed E-state index contributed by atoms with van der Waals surface area (Å²) in [6.07, 6.45) is 2.40. The number of carbonyl (C=O) groups is 1. The number of hydrogen-bond acceptors (Lipinski definition) is 4. The van der Waals surface area contributed by atoms with Gasteiger partial charge in [-0.1, -0.05) is 12.1 Å². The van der Waals surface area contributed by atoms with E-state index in [1.807, 2.05) is 31.2 Å². The van der Waals surface area contributed by atoms with Gasteiger partial charge in [-0.15, -0.1) is 12.4 Å². The third kappa shape index (κ3) is 5.09. The van der Waals surface area contributed by atoms with Crippen molar-refractivity contribution >= 4 is 18.3 Å². The Hall–Kier alpha value is -1.30. The smallest absolute Gasteiger partial charge is 0.227 e. The SMILES string of the molecule is COc1ccc(C(CCO)NC(=O)C2(C)CCCNC2)cc1.Cl. The Morgan fingerprint density at radius 2 is 2.13 bits per heavy atom. The van der Waals surface area contributed by atoms with E-state index >= 15 is 0 Å². The lowest BCUT2D eigenvalue weighted by atomic mass is 9.81. The van der Waals surface area contributed by atoms with Gasteiger partial charge in [0.05, 0.1) is 18.6 Å². The molecule has 2 unspecified atom stereocenters. The number of carbonyl (C=O) groups excluding carboxylic acids is 1. The molecule has 1 amide bonds. The minimum Gasteiger partial charge on any atom is -0.497 e. The van der Waals surface area contributed by atoms with Crippen molar-refractivity contribution in [2.24, 2.45) is 5.41 Å². The second-order valence-electron chi connectivity index (χ2n) is 6.15. The number of methoxy groups -OCH3 is 1. The molecule has 2 rings (SSSR count). The van der Waals surface area contributed by atoms with Crippen molar-refractivity contribution in [1.82, 2.24) is 10.6 Å². The average molecular weight is 343 g/mol. The minimum absolute atomic E-state index is 0. The number of halogens is 1. The molecule has 23 heavy (non-hydrogen) atoms. The van der Waals surface area contributed by atoms with E-state index in [1.54, 1.807) is 7.11 Å². The van der Waals surface area contributed by atoms with Gasteiger partial charge in [0, 0.05) is 13.2 Å². The van der Waals surface area contributed by atoms with Crippen LogP contribution in [0, 0.1) is 5.41 Å². The fraction of sp³-hybridized carbons (Fsp3) is 0.588. The van der Waals surface area contributed by atoms with Crippen LogP contribution in [0.3, 0.4) is 0 Å². The predicted molar refractivity (Wildman–Crippen MR) is 93.0 cm³/mol. The first kappa shape index (κ1) is 19.7. The Bertz CT molecular complexity index is 487. The van der Waals surface area contributed by atoms with Gasteiger partial charge in [0.1, 0.15) is 5.75 Å². The summed E-state index contributed by atoms with van der Waals surface area (Å²) in [7, 11) is 1.62. The van der Waals surface area contributed by atoms with Crippen molar-refractivity contribution in [2.45, 2.75) is 32.2 Å². The summed E-state index contributed by atoms with van der Waals surface area (Å²) >= 11 is 0. The maximum Gasteiger partial charge on any atom is 0.227 e. The van der Waals surface area contributed by atoms with Gasteiger partial charge >= 0.3 is 0 Å². The summed E-state index contributed by atoms with van der Waals surface area (Å²) in [5, 5.41) is 15.7. The molecule has 0 aliphatic carbocycles. The van der Waals surface area contributed by atoms with Crippen LogP contribution in [0.5, 0.6) is 5.75 Å². The van der Waals surface area contributed by atoms with Crippen LogP contribution >= 0.6 is 12.4 Å². The average Bonchev–Trinajstić information content (AvgIpc) is 2.55. The van der Waals surface area contributed by atoms with Gasteiger partial charge < -0.3 is 20.5 Å². The van der Waals surface area contributed by atoms with Crippen molar-refractivity contribution in [3.8, 4) is 5.75 Å². The maximum atomic E-state index is 12.6. The molecule has 5 nitrogen and oxygen atoms in total. The molecule has 1 fully saturated rings. The molecule has 0 spiro atoms. The van der Waals surface area contributed by atoms with E-state index in [0.29, 0.717) is 13.0 Å². The molecule has 6 heteroatoms. The van der Waals surface area contributed by atoms with Crippen LogP contribution in [0.1, 0.15) is 37.8 Å². The number of hydrogen-bond donors (Lipinski definition) is 3. The Balaban J connectivity index is 0.00000264. The quantitative estimate of drug-likeness (QED) is 0.740. The van der Waals surface area contributed by atoms with Crippen molar-refractivity contribution in [3.05, 3.63) is 29.8 Å². The first-order valence-corrected chi connectivity index (χ1v) is 7.85. The molecule has 1 aliphatic heterocycles. The molecular weight excluding hydrogens is 316 g/mol. The molecule has 1 saturated heterocycles. The van der Waals surface area contributed by atoms with E-state index in [4.69, 9.17) is 4.74 Å².